The molecule has 2 rings (SSSR count). The number of aromatic nitrogens is 2. The SMILES string of the molecule is CCCNc1nccn1-c1ccc(Br)cc1C. The normalized spacial score (nSPS) is 10.5. The van der Waals surface area contributed by atoms with Gasteiger partial charge in [-0.15, -0.1) is 0 Å². The average molecular weight is 294 g/mol. The Morgan fingerprint density at radius 2 is 2.24 bits per heavy atom. The lowest BCUT2D eigenvalue weighted by Crippen LogP contribution is -2.07. The molecule has 0 saturated carbocycles. The van der Waals surface area contributed by atoms with Crippen LogP contribution < -0.4 is 5.32 Å². The highest BCUT2D eigenvalue weighted by atomic mass is 79.9. The molecular weight excluding hydrogens is 278 g/mol. The Morgan fingerprint density at radius 1 is 1.41 bits per heavy atom. The Morgan fingerprint density at radius 3 is 2.94 bits per heavy atom. The van der Waals surface area contributed by atoms with Crippen molar-refractivity contribution in [2.75, 3.05) is 11.9 Å². The van der Waals surface area contributed by atoms with Gasteiger partial charge in [0, 0.05) is 23.4 Å². The zero-order chi connectivity index (χ0) is 12.3. The van der Waals surface area contributed by atoms with Crippen molar-refractivity contribution >= 4 is 21.9 Å². The molecular formula is C13H16BrN3. The van der Waals surface area contributed by atoms with Crippen LogP contribution in [0.3, 0.4) is 0 Å². The molecule has 1 N–H and O–H groups in total. The number of imidazole rings is 1. The fraction of sp³-hybridized carbons (Fsp3) is 0.308. The van der Waals surface area contributed by atoms with Gasteiger partial charge in [0.1, 0.15) is 0 Å². The molecule has 0 aliphatic heterocycles. The maximum absolute atomic E-state index is 4.33. The smallest absolute Gasteiger partial charge is 0.207 e. The zero-order valence-electron chi connectivity index (χ0n) is 10.1. The van der Waals surface area contributed by atoms with Crippen LogP contribution in [0.5, 0.6) is 0 Å². The molecule has 0 aliphatic carbocycles. The van der Waals surface area contributed by atoms with Gasteiger partial charge >= 0.3 is 0 Å². The van der Waals surface area contributed by atoms with Gasteiger partial charge in [-0.2, -0.15) is 0 Å². The monoisotopic (exact) mass is 293 g/mol. The molecule has 1 aromatic heterocycles. The molecule has 1 aromatic carbocycles. The van der Waals surface area contributed by atoms with Crippen LogP contribution in [0.15, 0.2) is 35.1 Å². The molecule has 4 heteroatoms. The summed E-state index contributed by atoms with van der Waals surface area (Å²) in [7, 11) is 0. The number of anilines is 1. The van der Waals surface area contributed by atoms with E-state index < -0.39 is 0 Å². The van der Waals surface area contributed by atoms with E-state index in [1.807, 2.05) is 18.5 Å². The molecule has 0 fully saturated rings. The van der Waals surface area contributed by atoms with Crippen molar-refractivity contribution in [2.24, 2.45) is 0 Å². The summed E-state index contributed by atoms with van der Waals surface area (Å²) in [5, 5.41) is 3.32. The Hall–Kier alpha value is -1.29. The van der Waals surface area contributed by atoms with Crippen molar-refractivity contribution in [3.8, 4) is 5.69 Å². The van der Waals surface area contributed by atoms with Crippen LogP contribution >= 0.6 is 15.9 Å². The average Bonchev–Trinajstić information content (AvgIpc) is 2.74. The largest absolute Gasteiger partial charge is 0.355 e. The first-order valence-electron chi connectivity index (χ1n) is 5.76. The van der Waals surface area contributed by atoms with Crippen LogP contribution in [0.4, 0.5) is 5.95 Å². The standard InChI is InChI=1S/C13H16BrN3/c1-3-6-15-13-16-7-8-17(13)12-5-4-11(14)9-10(12)2/h4-5,7-9H,3,6H2,1-2H3,(H,15,16). The quantitative estimate of drug-likeness (QED) is 0.930. The maximum Gasteiger partial charge on any atom is 0.207 e. The fourth-order valence-corrected chi connectivity index (χ4v) is 2.23. The molecule has 0 unspecified atom stereocenters. The topological polar surface area (TPSA) is 29.9 Å². The van der Waals surface area contributed by atoms with E-state index in [0.717, 1.165) is 29.1 Å². The van der Waals surface area contributed by atoms with Gasteiger partial charge in [0.25, 0.3) is 0 Å². The lowest BCUT2D eigenvalue weighted by atomic mass is 10.2. The van der Waals surface area contributed by atoms with Crippen molar-refractivity contribution < 1.29 is 0 Å². The Kier molecular flexibility index (Phi) is 3.84. The fourth-order valence-electron chi connectivity index (χ4n) is 1.75. The van der Waals surface area contributed by atoms with Crippen LogP contribution in [0, 0.1) is 6.92 Å². The van der Waals surface area contributed by atoms with Crippen LogP contribution in [-0.4, -0.2) is 16.1 Å². The number of hydrogen-bond donors (Lipinski definition) is 1. The van der Waals surface area contributed by atoms with Gasteiger partial charge in [-0.3, -0.25) is 4.57 Å². The van der Waals surface area contributed by atoms with E-state index in [-0.39, 0.29) is 0 Å². The second-order valence-corrected chi connectivity index (χ2v) is 4.89. The Labute approximate surface area is 110 Å². The minimum Gasteiger partial charge on any atom is -0.355 e. The summed E-state index contributed by atoms with van der Waals surface area (Å²) in [5.74, 6) is 0.900. The number of nitrogens with zero attached hydrogens (tertiary/aromatic N) is 2. The van der Waals surface area contributed by atoms with Crippen molar-refractivity contribution in [2.45, 2.75) is 20.3 Å². The van der Waals surface area contributed by atoms with Crippen molar-refractivity contribution in [1.29, 1.82) is 0 Å². The van der Waals surface area contributed by atoms with Crippen molar-refractivity contribution in [1.82, 2.24) is 9.55 Å². The number of halogens is 1. The summed E-state index contributed by atoms with van der Waals surface area (Å²) in [6.07, 6.45) is 4.89. The van der Waals surface area contributed by atoms with E-state index in [2.05, 4.69) is 56.8 Å². The van der Waals surface area contributed by atoms with Crippen LogP contribution in [-0.2, 0) is 0 Å². The molecule has 3 nitrogen and oxygen atoms in total. The number of nitrogens with one attached hydrogen (secondary N) is 1. The maximum atomic E-state index is 4.33. The molecule has 2 aromatic rings. The van der Waals surface area contributed by atoms with Crippen LogP contribution in [0.2, 0.25) is 0 Å². The summed E-state index contributed by atoms with van der Waals surface area (Å²) in [4.78, 5) is 4.33. The van der Waals surface area contributed by atoms with Gasteiger partial charge in [-0.25, -0.2) is 4.98 Å². The number of benzene rings is 1. The van der Waals surface area contributed by atoms with Gasteiger partial charge < -0.3 is 5.32 Å². The van der Waals surface area contributed by atoms with E-state index >= 15 is 0 Å². The second kappa shape index (κ2) is 5.36. The predicted molar refractivity (Wildman–Crippen MR) is 74.8 cm³/mol. The highest BCUT2D eigenvalue weighted by Crippen LogP contribution is 2.22. The van der Waals surface area contributed by atoms with Gasteiger partial charge in [0.2, 0.25) is 5.95 Å². The summed E-state index contributed by atoms with van der Waals surface area (Å²) in [6.45, 7) is 5.18. The van der Waals surface area contributed by atoms with E-state index in [1.54, 1.807) is 0 Å². The molecule has 0 atom stereocenters. The highest BCUT2D eigenvalue weighted by molar-refractivity contribution is 9.10. The Balaban J connectivity index is 2.35. The van der Waals surface area contributed by atoms with E-state index in [0.29, 0.717) is 0 Å². The number of rotatable bonds is 4. The van der Waals surface area contributed by atoms with Crippen molar-refractivity contribution in [3.05, 3.63) is 40.6 Å². The molecule has 0 bridgehead atoms. The first kappa shape index (κ1) is 12.2. The zero-order valence-corrected chi connectivity index (χ0v) is 11.7. The van der Waals surface area contributed by atoms with E-state index in [4.69, 9.17) is 0 Å². The van der Waals surface area contributed by atoms with E-state index in [1.165, 1.54) is 5.56 Å². The minimum absolute atomic E-state index is 0.900. The molecule has 90 valence electrons. The van der Waals surface area contributed by atoms with E-state index in [9.17, 15) is 0 Å². The lowest BCUT2D eigenvalue weighted by molar-refractivity contribution is 0.934. The van der Waals surface area contributed by atoms with Gasteiger partial charge in [-0.1, -0.05) is 22.9 Å². The Bertz CT molecular complexity index is 505. The van der Waals surface area contributed by atoms with Gasteiger partial charge in [-0.05, 0) is 37.1 Å². The molecule has 0 saturated heterocycles. The molecule has 0 amide bonds. The third-order valence-corrected chi connectivity index (χ3v) is 3.09. The van der Waals surface area contributed by atoms with Gasteiger partial charge in [0.05, 0.1) is 5.69 Å². The highest BCUT2D eigenvalue weighted by Gasteiger charge is 2.06. The molecule has 17 heavy (non-hydrogen) atoms. The number of aryl methyl sites for hydroxylation is 1. The first-order valence-corrected chi connectivity index (χ1v) is 6.55. The van der Waals surface area contributed by atoms with Crippen LogP contribution in [0.25, 0.3) is 5.69 Å². The second-order valence-electron chi connectivity index (χ2n) is 3.98. The van der Waals surface area contributed by atoms with Gasteiger partial charge in [0.15, 0.2) is 0 Å². The lowest BCUT2D eigenvalue weighted by Gasteiger charge is -2.11. The molecule has 0 aliphatic rings. The summed E-state index contributed by atoms with van der Waals surface area (Å²) in [5.41, 5.74) is 2.38. The summed E-state index contributed by atoms with van der Waals surface area (Å²) in [6, 6.07) is 6.25. The van der Waals surface area contributed by atoms with Crippen molar-refractivity contribution in [3.63, 3.8) is 0 Å². The summed E-state index contributed by atoms with van der Waals surface area (Å²) >= 11 is 3.48. The third kappa shape index (κ3) is 2.69. The molecule has 0 radical (unpaired) electrons. The predicted octanol–water partition coefficient (Wildman–Crippen LogP) is 3.77. The minimum atomic E-state index is 0.900. The summed E-state index contributed by atoms with van der Waals surface area (Å²) < 4.78 is 3.18. The van der Waals surface area contributed by atoms with Crippen LogP contribution in [0.1, 0.15) is 18.9 Å². The third-order valence-electron chi connectivity index (χ3n) is 2.59. The molecule has 1 heterocycles. The first-order chi connectivity index (χ1) is 8.22. The molecule has 0 spiro atoms. The number of hydrogen-bond acceptors (Lipinski definition) is 2.